The molecule has 0 spiro atoms. The van der Waals surface area contributed by atoms with Crippen LogP contribution in [0, 0.1) is 0 Å². The summed E-state index contributed by atoms with van der Waals surface area (Å²) in [5, 5.41) is 0. The average molecular weight is 607 g/mol. The first-order valence-corrected chi connectivity index (χ1v) is 18.2. The first-order chi connectivity index (χ1) is 22.7. The summed E-state index contributed by atoms with van der Waals surface area (Å²) in [4.78, 5) is 0. The molecule has 238 valence electrons. The van der Waals surface area contributed by atoms with Crippen molar-refractivity contribution in [2.24, 2.45) is 0 Å². The molecule has 0 aliphatic rings. The maximum atomic E-state index is 2.51. The van der Waals surface area contributed by atoms with Crippen molar-refractivity contribution in [2.75, 3.05) is 0 Å². The molecule has 0 amide bonds. The topological polar surface area (TPSA) is 0 Å². The molecule has 5 aromatic rings. The van der Waals surface area contributed by atoms with Gasteiger partial charge in [-0.3, -0.25) is 0 Å². The van der Waals surface area contributed by atoms with Crippen molar-refractivity contribution in [3.8, 4) is 44.5 Å². The van der Waals surface area contributed by atoms with Gasteiger partial charge in [0.2, 0.25) is 0 Å². The van der Waals surface area contributed by atoms with E-state index in [2.05, 4.69) is 137 Å². The van der Waals surface area contributed by atoms with E-state index < -0.39 is 0 Å². The smallest absolute Gasteiger partial charge is 0.00671 e. The van der Waals surface area contributed by atoms with Crippen LogP contribution in [0.15, 0.2) is 109 Å². The van der Waals surface area contributed by atoms with Gasteiger partial charge in [-0.1, -0.05) is 163 Å². The molecule has 0 bridgehead atoms. The van der Waals surface area contributed by atoms with Gasteiger partial charge < -0.3 is 0 Å². The lowest BCUT2D eigenvalue weighted by Crippen LogP contribution is -1.98. The number of aryl methyl sites for hydroxylation is 4. The molecular formula is C46H54. The summed E-state index contributed by atoms with van der Waals surface area (Å²) < 4.78 is 0. The predicted molar refractivity (Wildman–Crippen MR) is 203 cm³/mol. The zero-order valence-electron chi connectivity index (χ0n) is 28.9. The van der Waals surface area contributed by atoms with Crippen LogP contribution in [0.3, 0.4) is 0 Å². The van der Waals surface area contributed by atoms with Crippen LogP contribution in [0.5, 0.6) is 0 Å². The minimum Gasteiger partial charge on any atom is -0.0654 e. The molecular weight excluding hydrogens is 553 g/mol. The molecule has 0 saturated carbocycles. The molecule has 0 heteroatoms. The molecule has 0 unspecified atom stereocenters. The Hall–Kier alpha value is -3.90. The SMILES string of the molecule is CCCCc1ccc(-c2cccc(CCCC)c2-c2ccccc2-c2ccccc2-c2ccc(CCCC)cc2CCCC)cc1. The van der Waals surface area contributed by atoms with E-state index in [-0.39, 0.29) is 0 Å². The standard InChI is InChI=1S/C46H54/c1-5-9-18-35-28-31-37(32-29-35)41-27-17-22-38(20-11-7-3)46(41)45-26-16-15-25-44(45)43-24-14-13-23-42(43)40-33-30-36(19-10-6-2)34-39(40)21-12-8-4/h13-17,22-34H,5-12,18-21H2,1-4H3. The molecule has 0 nitrogen and oxygen atoms in total. The van der Waals surface area contributed by atoms with Gasteiger partial charge in [0.25, 0.3) is 0 Å². The van der Waals surface area contributed by atoms with Crippen LogP contribution >= 0.6 is 0 Å². The Morgan fingerprint density at radius 2 is 0.826 bits per heavy atom. The van der Waals surface area contributed by atoms with E-state index in [0.29, 0.717) is 0 Å². The third-order valence-corrected chi connectivity index (χ3v) is 9.53. The zero-order chi connectivity index (χ0) is 32.1. The van der Waals surface area contributed by atoms with Crippen LogP contribution in [0.1, 0.15) is 101 Å². The highest BCUT2D eigenvalue weighted by Crippen LogP contribution is 2.44. The number of rotatable bonds is 16. The number of unbranched alkanes of at least 4 members (excludes halogenated alkanes) is 4. The van der Waals surface area contributed by atoms with E-state index >= 15 is 0 Å². The molecule has 5 aromatic carbocycles. The van der Waals surface area contributed by atoms with Crippen molar-refractivity contribution in [3.63, 3.8) is 0 Å². The molecule has 0 N–H and O–H groups in total. The van der Waals surface area contributed by atoms with Crippen molar-refractivity contribution in [1.82, 2.24) is 0 Å². The number of hydrogen-bond acceptors (Lipinski definition) is 0. The van der Waals surface area contributed by atoms with Crippen molar-refractivity contribution in [3.05, 3.63) is 131 Å². The van der Waals surface area contributed by atoms with Gasteiger partial charge in [-0.15, -0.1) is 0 Å². The third kappa shape index (κ3) is 8.08. The molecule has 0 heterocycles. The quantitative estimate of drug-likeness (QED) is 0.105. The first kappa shape index (κ1) is 33.5. The highest BCUT2D eigenvalue weighted by atomic mass is 14.2. The Morgan fingerprint density at radius 3 is 1.46 bits per heavy atom. The fraction of sp³-hybridized carbons (Fsp3) is 0.348. The monoisotopic (exact) mass is 606 g/mol. The fourth-order valence-electron chi connectivity index (χ4n) is 6.88. The zero-order valence-corrected chi connectivity index (χ0v) is 28.9. The lowest BCUT2D eigenvalue weighted by Gasteiger charge is -2.21. The average Bonchev–Trinajstić information content (AvgIpc) is 3.11. The molecule has 0 radical (unpaired) electrons. The Morgan fingerprint density at radius 1 is 0.348 bits per heavy atom. The van der Waals surface area contributed by atoms with Gasteiger partial charge in [0.1, 0.15) is 0 Å². The van der Waals surface area contributed by atoms with Gasteiger partial charge in [-0.2, -0.15) is 0 Å². The van der Waals surface area contributed by atoms with Gasteiger partial charge in [0, 0.05) is 0 Å². The van der Waals surface area contributed by atoms with Gasteiger partial charge in [0.05, 0.1) is 0 Å². The maximum Gasteiger partial charge on any atom is -0.00671 e. The van der Waals surface area contributed by atoms with E-state index in [1.54, 1.807) is 0 Å². The van der Waals surface area contributed by atoms with Crippen LogP contribution in [0.25, 0.3) is 44.5 Å². The minimum atomic E-state index is 1.09. The summed E-state index contributed by atoms with van der Waals surface area (Å²) in [5.41, 5.74) is 16.6. The first-order valence-electron chi connectivity index (χ1n) is 18.2. The lowest BCUT2D eigenvalue weighted by atomic mass is 9.82. The van der Waals surface area contributed by atoms with E-state index in [1.165, 1.54) is 118 Å². The molecule has 0 saturated heterocycles. The maximum absolute atomic E-state index is 2.51. The molecule has 0 aromatic heterocycles. The van der Waals surface area contributed by atoms with E-state index in [4.69, 9.17) is 0 Å². The largest absolute Gasteiger partial charge is 0.0654 e. The fourth-order valence-corrected chi connectivity index (χ4v) is 6.88. The minimum absolute atomic E-state index is 1.09. The molecule has 0 aliphatic heterocycles. The Labute approximate surface area is 279 Å². The van der Waals surface area contributed by atoms with Gasteiger partial charge in [0.15, 0.2) is 0 Å². The van der Waals surface area contributed by atoms with E-state index in [9.17, 15) is 0 Å². The third-order valence-electron chi connectivity index (χ3n) is 9.53. The predicted octanol–water partition coefficient (Wildman–Crippen LogP) is 13.7. The van der Waals surface area contributed by atoms with Crippen molar-refractivity contribution < 1.29 is 0 Å². The second kappa shape index (κ2) is 17.1. The molecule has 5 rings (SSSR count). The van der Waals surface area contributed by atoms with Crippen LogP contribution in [0.2, 0.25) is 0 Å². The summed E-state index contributed by atoms with van der Waals surface area (Å²) in [6.07, 6.45) is 14.3. The Bertz CT molecular complexity index is 1670. The van der Waals surface area contributed by atoms with Crippen LogP contribution < -0.4 is 0 Å². The normalized spacial score (nSPS) is 11.2. The van der Waals surface area contributed by atoms with Crippen LogP contribution in [-0.4, -0.2) is 0 Å². The van der Waals surface area contributed by atoms with Crippen LogP contribution in [-0.2, 0) is 25.7 Å². The van der Waals surface area contributed by atoms with Crippen molar-refractivity contribution in [2.45, 2.75) is 105 Å². The summed E-state index contributed by atoms with van der Waals surface area (Å²) >= 11 is 0. The summed E-state index contributed by atoms with van der Waals surface area (Å²) in [7, 11) is 0. The summed E-state index contributed by atoms with van der Waals surface area (Å²) in [6.45, 7) is 9.16. The van der Waals surface area contributed by atoms with Crippen molar-refractivity contribution >= 4 is 0 Å². The second-order valence-corrected chi connectivity index (χ2v) is 13.0. The van der Waals surface area contributed by atoms with Crippen LogP contribution in [0.4, 0.5) is 0 Å². The molecule has 0 atom stereocenters. The number of hydrogen-bond donors (Lipinski definition) is 0. The second-order valence-electron chi connectivity index (χ2n) is 13.0. The van der Waals surface area contributed by atoms with E-state index in [0.717, 1.165) is 25.7 Å². The highest BCUT2D eigenvalue weighted by Gasteiger charge is 2.19. The summed E-state index contributed by atoms with van der Waals surface area (Å²) in [6, 6.07) is 42.0. The number of benzene rings is 5. The van der Waals surface area contributed by atoms with Gasteiger partial charge in [-0.05, 0) is 118 Å². The van der Waals surface area contributed by atoms with Crippen molar-refractivity contribution in [1.29, 1.82) is 0 Å². The Balaban J connectivity index is 1.67. The molecule has 0 fully saturated rings. The van der Waals surface area contributed by atoms with Gasteiger partial charge in [-0.25, -0.2) is 0 Å². The van der Waals surface area contributed by atoms with E-state index in [1.807, 2.05) is 0 Å². The molecule has 0 aliphatic carbocycles. The summed E-state index contributed by atoms with van der Waals surface area (Å²) in [5.74, 6) is 0. The van der Waals surface area contributed by atoms with Gasteiger partial charge >= 0.3 is 0 Å². The highest BCUT2D eigenvalue weighted by molar-refractivity contribution is 5.97. The Kier molecular flexibility index (Phi) is 12.5. The lowest BCUT2D eigenvalue weighted by molar-refractivity contribution is 0.781. The molecule has 46 heavy (non-hydrogen) atoms.